The first-order chi connectivity index (χ1) is 6.63. The molecule has 0 aliphatic heterocycles. The van der Waals surface area contributed by atoms with Gasteiger partial charge in [-0.15, -0.1) is 0 Å². The van der Waals surface area contributed by atoms with Gasteiger partial charge in [0.25, 0.3) is 0 Å². The zero-order valence-electron chi connectivity index (χ0n) is 8.36. The highest BCUT2D eigenvalue weighted by molar-refractivity contribution is 8.22. The molecule has 0 radical (unpaired) electrons. The van der Waals surface area contributed by atoms with Gasteiger partial charge in [0.05, 0.1) is 0 Å². The van der Waals surface area contributed by atoms with Crippen molar-refractivity contribution < 1.29 is 0 Å². The Labute approximate surface area is 94.5 Å². The van der Waals surface area contributed by atoms with Gasteiger partial charge in [-0.1, -0.05) is 36.1 Å². The molecule has 2 nitrogen and oxygen atoms in total. The van der Waals surface area contributed by atoms with Gasteiger partial charge < -0.3 is 10.6 Å². The summed E-state index contributed by atoms with van der Waals surface area (Å²) < 4.78 is 0.866. The van der Waals surface area contributed by atoms with Crippen LogP contribution >= 0.6 is 24.0 Å². The molecule has 0 bridgehead atoms. The van der Waals surface area contributed by atoms with Crippen molar-refractivity contribution in [2.75, 3.05) is 14.1 Å². The van der Waals surface area contributed by atoms with Crippen molar-refractivity contribution in [2.45, 2.75) is 11.4 Å². The lowest BCUT2D eigenvalue weighted by molar-refractivity contribution is 0.648. The summed E-state index contributed by atoms with van der Waals surface area (Å²) in [5.41, 5.74) is 6.65. The second kappa shape index (κ2) is 5.34. The molecular weight excluding hydrogens is 212 g/mol. The van der Waals surface area contributed by atoms with E-state index in [-0.39, 0.29) is 0 Å². The van der Waals surface area contributed by atoms with Crippen molar-refractivity contribution in [3.05, 3.63) is 29.8 Å². The molecule has 0 amide bonds. The van der Waals surface area contributed by atoms with E-state index in [9.17, 15) is 0 Å². The van der Waals surface area contributed by atoms with Gasteiger partial charge in [-0.2, -0.15) is 0 Å². The molecule has 0 spiro atoms. The second-order valence-corrected chi connectivity index (χ2v) is 4.82. The van der Waals surface area contributed by atoms with Gasteiger partial charge in [0.2, 0.25) is 0 Å². The minimum absolute atomic E-state index is 0.586. The van der Waals surface area contributed by atoms with Crippen LogP contribution in [0.4, 0.5) is 0 Å². The van der Waals surface area contributed by atoms with E-state index in [0.29, 0.717) is 6.54 Å². The Morgan fingerprint density at radius 1 is 1.36 bits per heavy atom. The number of thiocarbonyl (C=S) groups is 1. The van der Waals surface area contributed by atoms with Gasteiger partial charge in [-0.25, -0.2) is 0 Å². The third-order valence-corrected chi connectivity index (χ3v) is 3.39. The van der Waals surface area contributed by atoms with E-state index in [2.05, 4.69) is 0 Å². The van der Waals surface area contributed by atoms with E-state index in [1.807, 2.05) is 43.3 Å². The van der Waals surface area contributed by atoms with E-state index in [1.165, 1.54) is 0 Å². The van der Waals surface area contributed by atoms with Crippen LogP contribution in [0.5, 0.6) is 0 Å². The highest BCUT2D eigenvalue weighted by Gasteiger charge is 2.01. The van der Waals surface area contributed by atoms with Crippen LogP contribution in [-0.4, -0.2) is 23.3 Å². The average molecular weight is 226 g/mol. The van der Waals surface area contributed by atoms with Gasteiger partial charge >= 0.3 is 0 Å². The van der Waals surface area contributed by atoms with E-state index < -0.39 is 0 Å². The maximum atomic E-state index is 5.51. The Morgan fingerprint density at radius 3 is 2.36 bits per heavy atom. The molecule has 0 aliphatic rings. The Kier molecular flexibility index (Phi) is 4.38. The standard InChI is InChI=1S/C10H14N2S2/c1-12(2)10(13)14-9-5-3-8(7-11)4-6-9/h3-6H,7,11H2,1-2H3. The summed E-state index contributed by atoms with van der Waals surface area (Å²) in [6, 6.07) is 8.15. The largest absolute Gasteiger partial charge is 0.363 e. The zero-order valence-corrected chi connectivity index (χ0v) is 9.99. The van der Waals surface area contributed by atoms with Crippen molar-refractivity contribution in [3.63, 3.8) is 0 Å². The summed E-state index contributed by atoms with van der Waals surface area (Å²) in [6.45, 7) is 0.586. The van der Waals surface area contributed by atoms with E-state index in [0.717, 1.165) is 14.8 Å². The summed E-state index contributed by atoms with van der Waals surface area (Å²) >= 11 is 6.77. The maximum absolute atomic E-state index is 5.51. The van der Waals surface area contributed by atoms with Crippen LogP contribution in [0.3, 0.4) is 0 Å². The molecule has 14 heavy (non-hydrogen) atoms. The molecule has 0 unspecified atom stereocenters. The van der Waals surface area contributed by atoms with E-state index in [4.69, 9.17) is 18.0 Å². The third-order valence-electron chi connectivity index (χ3n) is 1.73. The van der Waals surface area contributed by atoms with Crippen molar-refractivity contribution in [1.82, 2.24) is 4.90 Å². The molecule has 0 saturated carbocycles. The number of nitrogens with zero attached hydrogens (tertiary/aromatic N) is 1. The van der Waals surface area contributed by atoms with Gasteiger partial charge in [0, 0.05) is 25.5 Å². The van der Waals surface area contributed by atoms with Gasteiger partial charge in [0.1, 0.15) is 4.32 Å². The van der Waals surface area contributed by atoms with Crippen LogP contribution in [0.15, 0.2) is 29.2 Å². The normalized spacial score (nSPS) is 9.93. The Morgan fingerprint density at radius 2 is 1.93 bits per heavy atom. The quantitative estimate of drug-likeness (QED) is 0.617. The summed E-state index contributed by atoms with van der Waals surface area (Å²) in [7, 11) is 3.90. The molecule has 4 heteroatoms. The third kappa shape index (κ3) is 3.29. The molecule has 1 aromatic rings. The Balaban J connectivity index is 2.64. The summed E-state index contributed by atoms with van der Waals surface area (Å²) in [6.07, 6.45) is 0. The van der Waals surface area contributed by atoms with Crippen LogP contribution < -0.4 is 5.73 Å². The first kappa shape index (κ1) is 11.5. The highest BCUT2D eigenvalue weighted by atomic mass is 32.2. The number of rotatable bonds is 2. The smallest absolute Gasteiger partial charge is 0.140 e. The minimum Gasteiger partial charge on any atom is -0.363 e. The predicted octanol–water partition coefficient (Wildman–Crippen LogP) is 2.08. The van der Waals surface area contributed by atoms with Crippen LogP contribution in [0.1, 0.15) is 5.56 Å². The van der Waals surface area contributed by atoms with Gasteiger partial charge in [-0.05, 0) is 17.7 Å². The number of hydrogen-bond acceptors (Lipinski definition) is 3. The van der Waals surface area contributed by atoms with Gasteiger partial charge in [0.15, 0.2) is 0 Å². The van der Waals surface area contributed by atoms with Crippen LogP contribution in [0.2, 0.25) is 0 Å². The fourth-order valence-electron chi connectivity index (χ4n) is 0.886. The molecule has 0 heterocycles. The second-order valence-electron chi connectivity index (χ2n) is 3.11. The molecule has 0 aromatic heterocycles. The first-order valence-electron chi connectivity index (χ1n) is 4.31. The summed E-state index contributed by atoms with van der Waals surface area (Å²) in [5.74, 6) is 0. The monoisotopic (exact) mass is 226 g/mol. The van der Waals surface area contributed by atoms with Crippen LogP contribution in [0, 0.1) is 0 Å². The van der Waals surface area contributed by atoms with Crippen molar-refractivity contribution >= 4 is 28.3 Å². The van der Waals surface area contributed by atoms with E-state index in [1.54, 1.807) is 11.8 Å². The fourth-order valence-corrected chi connectivity index (χ4v) is 1.83. The Hall–Kier alpha value is -0.580. The number of nitrogens with two attached hydrogens (primary N) is 1. The lowest BCUT2D eigenvalue weighted by Crippen LogP contribution is -2.15. The molecule has 2 N–H and O–H groups in total. The summed E-state index contributed by atoms with van der Waals surface area (Å²) in [4.78, 5) is 3.08. The molecule has 0 aliphatic carbocycles. The SMILES string of the molecule is CN(C)C(=S)Sc1ccc(CN)cc1. The molecule has 76 valence electrons. The van der Waals surface area contributed by atoms with Crippen molar-refractivity contribution in [2.24, 2.45) is 5.73 Å². The molecule has 1 rings (SSSR count). The van der Waals surface area contributed by atoms with Crippen molar-refractivity contribution in [3.8, 4) is 0 Å². The van der Waals surface area contributed by atoms with Crippen LogP contribution in [0.25, 0.3) is 0 Å². The topological polar surface area (TPSA) is 29.3 Å². The van der Waals surface area contributed by atoms with E-state index >= 15 is 0 Å². The number of thioether (sulfide) groups is 1. The molecule has 0 saturated heterocycles. The van der Waals surface area contributed by atoms with Crippen molar-refractivity contribution in [1.29, 1.82) is 0 Å². The van der Waals surface area contributed by atoms with Crippen LogP contribution in [-0.2, 0) is 6.54 Å². The minimum atomic E-state index is 0.586. The average Bonchev–Trinajstić information content (AvgIpc) is 2.19. The fraction of sp³-hybridized carbons (Fsp3) is 0.300. The zero-order chi connectivity index (χ0) is 10.6. The lowest BCUT2D eigenvalue weighted by atomic mass is 10.2. The molecule has 0 fully saturated rings. The first-order valence-corrected chi connectivity index (χ1v) is 5.54. The maximum Gasteiger partial charge on any atom is 0.140 e. The van der Waals surface area contributed by atoms with Gasteiger partial charge in [-0.3, -0.25) is 0 Å². The molecule has 0 atom stereocenters. The number of hydrogen-bond donors (Lipinski definition) is 1. The lowest BCUT2D eigenvalue weighted by Gasteiger charge is -2.12. The molecule has 1 aromatic carbocycles. The highest BCUT2D eigenvalue weighted by Crippen LogP contribution is 2.20. The molecular formula is C10H14N2S2. The predicted molar refractivity (Wildman–Crippen MR) is 66.5 cm³/mol. The number of benzene rings is 1. The summed E-state index contributed by atoms with van der Waals surface area (Å²) in [5, 5.41) is 0. The Bertz CT molecular complexity index is 306.